The Morgan fingerprint density at radius 1 is 1.30 bits per heavy atom. The Bertz CT molecular complexity index is 958. The summed E-state index contributed by atoms with van der Waals surface area (Å²) < 4.78 is 28.0. The SMILES string of the molecule is C[C@H](O)[C@H](CO)Nc1nc(SCc2cccc(F)c2F)nc2nc(Cl)sc12. The third-order valence-corrected chi connectivity index (χ3v) is 5.75. The molecule has 3 aromatic rings. The zero-order valence-corrected chi connectivity index (χ0v) is 16.4. The molecule has 2 atom stereocenters. The standard InChI is InChI=1S/C16H15ClF2N4O2S2/c1-7(25)10(5-24)20-13-12-14(21-15(17)27-12)23-16(22-13)26-6-8-3-2-4-9(18)11(8)19/h2-4,7,10,24-25H,5-6H2,1H3,(H,20,22,23)/t7-,10-/m0/s1. The summed E-state index contributed by atoms with van der Waals surface area (Å²) in [6.45, 7) is 1.22. The summed E-state index contributed by atoms with van der Waals surface area (Å²) in [7, 11) is 0. The van der Waals surface area contributed by atoms with Gasteiger partial charge in [-0.05, 0) is 13.0 Å². The van der Waals surface area contributed by atoms with Gasteiger partial charge in [0.1, 0.15) is 4.70 Å². The minimum atomic E-state index is -0.916. The molecule has 0 fully saturated rings. The fourth-order valence-electron chi connectivity index (χ4n) is 2.24. The van der Waals surface area contributed by atoms with Crippen LogP contribution in [0.2, 0.25) is 4.47 Å². The molecular weight excluding hydrogens is 418 g/mol. The van der Waals surface area contributed by atoms with Crippen LogP contribution in [0.15, 0.2) is 23.4 Å². The van der Waals surface area contributed by atoms with Crippen LogP contribution in [0.4, 0.5) is 14.6 Å². The van der Waals surface area contributed by atoms with Crippen LogP contribution in [0.25, 0.3) is 10.3 Å². The minimum absolute atomic E-state index is 0.117. The van der Waals surface area contributed by atoms with Crippen LogP contribution in [0.3, 0.4) is 0 Å². The Morgan fingerprint density at radius 2 is 2.07 bits per heavy atom. The Hall–Kier alpha value is -1.59. The van der Waals surface area contributed by atoms with Crippen molar-refractivity contribution in [3.8, 4) is 0 Å². The van der Waals surface area contributed by atoms with E-state index in [0.717, 1.165) is 29.2 Å². The summed E-state index contributed by atoms with van der Waals surface area (Å²) in [5.41, 5.74) is 0.527. The Morgan fingerprint density at radius 3 is 2.78 bits per heavy atom. The maximum absolute atomic E-state index is 13.8. The Balaban J connectivity index is 1.90. The number of fused-ring (bicyclic) bond motifs is 1. The van der Waals surface area contributed by atoms with Gasteiger partial charge in [-0.3, -0.25) is 0 Å². The first-order valence-electron chi connectivity index (χ1n) is 7.84. The molecule has 0 radical (unpaired) electrons. The summed E-state index contributed by atoms with van der Waals surface area (Å²) in [4.78, 5) is 12.8. The summed E-state index contributed by atoms with van der Waals surface area (Å²) in [5, 5.41) is 22.4. The molecule has 0 aliphatic heterocycles. The topological polar surface area (TPSA) is 91.2 Å². The van der Waals surface area contributed by atoms with Crippen molar-refractivity contribution in [2.24, 2.45) is 0 Å². The predicted octanol–water partition coefficient (Wildman–Crippen LogP) is 3.46. The number of nitrogens with zero attached hydrogens (tertiary/aromatic N) is 3. The number of aliphatic hydroxyl groups is 2. The van der Waals surface area contributed by atoms with E-state index in [2.05, 4.69) is 20.3 Å². The lowest BCUT2D eigenvalue weighted by Gasteiger charge is -2.19. The number of aromatic nitrogens is 3. The van der Waals surface area contributed by atoms with Gasteiger partial charge in [-0.25, -0.2) is 23.7 Å². The average Bonchev–Trinajstić information content (AvgIpc) is 3.00. The van der Waals surface area contributed by atoms with Crippen LogP contribution in [0, 0.1) is 11.6 Å². The van der Waals surface area contributed by atoms with E-state index in [0.29, 0.717) is 16.2 Å². The number of anilines is 1. The highest BCUT2D eigenvalue weighted by molar-refractivity contribution is 7.98. The number of hydrogen-bond donors (Lipinski definition) is 3. The highest BCUT2D eigenvalue weighted by Gasteiger charge is 2.19. The van der Waals surface area contributed by atoms with Gasteiger partial charge in [-0.1, -0.05) is 46.8 Å². The number of benzene rings is 1. The lowest BCUT2D eigenvalue weighted by atomic mass is 10.2. The Labute approximate surface area is 166 Å². The smallest absolute Gasteiger partial charge is 0.191 e. The fraction of sp³-hybridized carbons (Fsp3) is 0.312. The summed E-state index contributed by atoms with van der Waals surface area (Å²) in [5.74, 6) is -1.35. The summed E-state index contributed by atoms with van der Waals surface area (Å²) in [6.07, 6.45) is -0.832. The number of rotatable bonds is 7. The summed E-state index contributed by atoms with van der Waals surface area (Å²) in [6, 6.07) is 3.32. The maximum Gasteiger partial charge on any atom is 0.191 e. The number of aliphatic hydroxyl groups excluding tert-OH is 2. The van der Waals surface area contributed by atoms with Crippen LogP contribution < -0.4 is 5.32 Å². The molecule has 1 aromatic carbocycles. The van der Waals surface area contributed by atoms with Crippen LogP contribution in [-0.2, 0) is 5.75 Å². The quantitative estimate of drug-likeness (QED) is 0.389. The molecule has 0 amide bonds. The molecule has 11 heteroatoms. The molecule has 0 unspecified atom stereocenters. The van der Waals surface area contributed by atoms with Crippen molar-refractivity contribution < 1.29 is 19.0 Å². The van der Waals surface area contributed by atoms with Gasteiger partial charge in [0, 0.05) is 11.3 Å². The molecular formula is C16H15ClF2N4O2S2. The Kier molecular flexibility index (Phi) is 6.43. The van der Waals surface area contributed by atoms with Gasteiger partial charge in [0.2, 0.25) is 0 Å². The van der Waals surface area contributed by atoms with Crippen molar-refractivity contribution in [3.63, 3.8) is 0 Å². The molecule has 0 saturated carbocycles. The monoisotopic (exact) mass is 432 g/mol. The molecule has 0 saturated heterocycles. The van der Waals surface area contributed by atoms with E-state index in [4.69, 9.17) is 11.6 Å². The van der Waals surface area contributed by atoms with Gasteiger partial charge in [-0.2, -0.15) is 0 Å². The number of hydrogen-bond acceptors (Lipinski definition) is 8. The van der Waals surface area contributed by atoms with Gasteiger partial charge >= 0.3 is 0 Å². The average molecular weight is 433 g/mol. The van der Waals surface area contributed by atoms with E-state index in [1.165, 1.54) is 19.1 Å². The molecule has 3 rings (SSSR count). The normalized spacial score (nSPS) is 13.7. The van der Waals surface area contributed by atoms with Crippen molar-refractivity contribution in [1.82, 2.24) is 15.0 Å². The van der Waals surface area contributed by atoms with Gasteiger partial charge in [0.05, 0.1) is 18.8 Å². The second-order valence-corrected chi connectivity index (χ2v) is 8.17. The van der Waals surface area contributed by atoms with Crippen LogP contribution >= 0.6 is 34.7 Å². The fourth-order valence-corrected chi connectivity index (χ4v) is 4.05. The first-order chi connectivity index (χ1) is 12.9. The van der Waals surface area contributed by atoms with Crippen molar-refractivity contribution in [2.45, 2.75) is 30.0 Å². The lowest BCUT2D eigenvalue weighted by Crippen LogP contribution is -2.35. The van der Waals surface area contributed by atoms with Crippen molar-refractivity contribution in [2.75, 3.05) is 11.9 Å². The molecule has 27 heavy (non-hydrogen) atoms. The predicted molar refractivity (Wildman–Crippen MR) is 102 cm³/mol. The lowest BCUT2D eigenvalue weighted by molar-refractivity contribution is 0.132. The molecule has 3 N–H and O–H groups in total. The minimum Gasteiger partial charge on any atom is -0.394 e. The molecule has 2 heterocycles. The molecule has 0 spiro atoms. The van der Waals surface area contributed by atoms with E-state index in [1.807, 2.05) is 0 Å². The third kappa shape index (κ3) is 4.64. The third-order valence-electron chi connectivity index (χ3n) is 3.70. The van der Waals surface area contributed by atoms with Gasteiger partial charge < -0.3 is 15.5 Å². The van der Waals surface area contributed by atoms with E-state index in [1.54, 1.807) is 0 Å². The second-order valence-electron chi connectivity index (χ2n) is 5.65. The van der Waals surface area contributed by atoms with Crippen LogP contribution in [-0.4, -0.2) is 43.9 Å². The largest absolute Gasteiger partial charge is 0.394 e. The highest BCUT2D eigenvalue weighted by atomic mass is 35.5. The highest BCUT2D eigenvalue weighted by Crippen LogP contribution is 2.33. The second kappa shape index (κ2) is 8.61. The van der Waals surface area contributed by atoms with E-state index >= 15 is 0 Å². The van der Waals surface area contributed by atoms with E-state index in [9.17, 15) is 19.0 Å². The zero-order chi connectivity index (χ0) is 19.6. The number of halogens is 3. The summed E-state index contributed by atoms with van der Waals surface area (Å²) >= 11 is 8.23. The first-order valence-corrected chi connectivity index (χ1v) is 10.0. The van der Waals surface area contributed by atoms with Crippen LogP contribution in [0.5, 0.6) is 0 Å². The number of thiazole rings is 1. The molecule has 0 aliphatic carbocycles. The number of thioether (sulfide) groups is 1. The molecule has 144 valence electrons. The zero-order valence-electron chi connectivity index (χ0n) is 14.0. The van der Waals surface area contributed by atoms with Gasteiger partial charge in [0.25, 0.3) is 0 Å². The van der Waals surface area contributed by atoms with Gasteiger partial charge in [0.15, 0.2) is 32.7 Å². The molecule has 6 nitrogen and oxygen atoms in total. The van der Waals surface area contributed by atoms with Crippen molar-refractivity contribution in [3.05, 3.63) is 39.9 Å². The van der Waals surface area contributed by atoms with E-state index in [-0.39, 0.29) is 27.5 Å². The first kappa shape index (κ1) is 20.2. The van der Waals surface area contributed by atoms with Gasteiger partial charge in [-0.15, -0.1) is 0 Å². The molecule has 2 aromatic heterocycles. The number of nitrogens with one attached hydrogen (secondary N) is 1. The maximum atomic E-state index is 13.8. The molecule has 0 aliphatic rings. The van der Waals surface area contributed by atoms with E-state index < -0.39 is 23.8 Å². The molecule has 0 bridgehead atoms. The van der Waals surface area contributed by atoms with Crippen molar-refractivity contribution in [1.29, 1.82) is 0 Å². The van der Waals surface area contributed by atoms with Crippen molar-refractivity contribution >= 4 is 50.9 Å². The van der Waals surface area contributed by atoms with Crippen LogP contribution in [0.1, 0.15) is 12.5 Å².